The van der Waals surface area contributed by atoms with E-state index in [1.807, 2.05) is 12.1 Å². The van der Waals surface area contributed by atoms with E-state index in [1.54, 1.807) is 12.1 Å². The van der Waals surface area contributed by atoms with Crippen LogP contribution in [0.15, 0.2) is 47.1 Å². The van der Waals surface area contributed by atoms with Gasteiger partial charge in [-0.15, -0.1) is 12.4 Å². The number of amides is 1. The summed E-state index contributed by atoms with van der Waals surface area (Å²) in [6.45, 7) is 1.48. The zero-order valence-electron chi connectivity index (χ0n) is 15.4. The smallest absolute Gasteiger partial charge is 0.287 e. The summed E-state index contributed by atoms with van der Waals surface area (Å²) in [4.78, 5) is 14.3. The van der Waals surface area contributed by atoms with Gasteiger partial charge in [-0.2, -0.15) is 0 Å². The van der Waals surface area contributed by atoms with E-state index < -0.39 is 18.3 Å². The van der Waals surface area contributed by atoms with E-state index >= 15 is 0 Å². The molecule has 1 fully saturated rings. The van der Waals surface area contributed by atoms with Crippen molar-refractivity contribution in [2.24, 2.45) is 0 Å². The number of fused-ring (bicyclic) bond motifs is 1. The Morgan fingerprint density at radius 1 is 1.18 bits per heavy atom. The Morgan fingerprint density at radius 2 is 1.96 bits per heavy atom. The van der Waals surface area contributed by atoms with E-state index in [4.69, 9.17) is 9.15 Å². The third kappa shape index (κ3) is 4.09. The standard InChI is InChI=1S/C20H24N2O5.ClH/c23-12-17-19(24)18(22-8-7-13-4-1-2-5-14(13)11-22)16(27-17)10-21-20(25)15-6-3-9-26-15;/h1-6,9,16-19,23-24H,7-8,10-12H2,(H,21,25);1H/t16-,17+,18+,19-;/m1./s1. The van der Waals surface area contributed by atoms with Gasteiger partial charge in [0.2, 0.25) is 0 Å². The number of benzene rings is 1. The maximum Gasteiger partial charge on any atom is 0.287 e. The van der Waals surface area contributed by atoms with Crippen molar-refractivity contribution in [2.75, 3.05) is 19.7 Å². The largest absolute Gasteiger partial charge is 0.459 e. The molecule has 4 atom stereocenters. The average Bonchev–Trinajstić information content (AvgIpc) is 3.34. The Labute approximate surface area is 169 Å². The van der Waals surface area contributed by atoms with Gasteiger partial charge in [-0.25, -0.2) is 0 Å². The summed E-state index contributed by atoms with van der Waals surface area (Å²) in [5.74, 6) is -0.0935. The van der Waals surface area contributed by atoms with Crippen molar-refractivity contribution in [1.82, 2.24) is 10.2 Å². The van der Waals surface area contributed by atoms with Gasteiger partial charge in [0.05, 0.1) is 25.0 Å². The number of carbonyl (C=O) groups excluding carboxylic acids is 1. The lowest BCUT2D eigenvalue weighted by molar-refractivity contribution is -0.0209. The normalized spacial score (nSPS) is 27.1. The second kappa shape index (κ2) is 9.07. The lowest BCUT2D eigenvalue weighted by atomic mass is 9.95. The number of aliphatic hydroxyl groups is 2. The third-order valence-corrected chi connectivity index (χ3v) is 5.43. The number of carbonyl (C=O) groups is 1. The average molecular weight is 409 g/mol. The molecule has 1 saturated heterocycles. The van der Waals surface area contributed by atoms with E-state index in [0.29, 0.717) is 6.54 Å². The summed E-state index contributed by atoms with van der Waals surface area (Å²) in [7, 11) is 0. The highest BCUT2D eigenvalue weighted by molar-refractivity contribution is 5.91. The first kappa shape index (κ1) is 20.8. The third-order valence-electron chi connectivity index (χ3n) is 5.43. The van der Waals surface area contributed by atoms with Crippen LogP contribution in [0, 0.1) is 0 Å². The van der Waals surface area contributed by atoms with Gasteiger partial charge in [0.25, 0.3) is 5.91 Å². The van der Waals surface area contributed by atoms with Crippen LogP contribution in [0.2, 0.25) is 0 Å². The molecule has 4 rings (SSSR count). The minimum atomic E-state index is -0.814. The van der Waals surface area contributed by atoms with Crippen molar-refractivity contribution >= 4 is 18.3 Å². The van der Waals surface area contributed by atoms with Gasteiger partial charge < -0.3 is 24.7 Å². The molecule has 7 nitrogen and oxygen atoms in total. The molecule has 3 N–H and O–H groups in total. The number of rotatable bonds is 5. The van der Waals surface area contributed by atoms with Crippen LogP contribution in [-0.4, -0.2) is 65.1 Å². The van der Waals surface area contributed by atoms with Crippen LogP contribution < -0.4 is 5.32 Å². The van der Waals surface area contributed by atoms with Gasteiger partial charge in [0.15, 0.2) is 5.76 Å². The SMILES string of the molecule is Cl.O=C(NC[C@H]1O[C@@H](CO)[C@@H](O)[C@H]1N1CCc2ccccc2C1)c1ccco1. The van der Waals surface area contributed by atoms with Crippen molar-refractivity contribution in [3.63, 3.8) is 0 Å². The highest BCUT2D eigenvalue weighted by Crippen LogP contribution is 2.30. The van der Waals surface area contributed by atoms with E-state index in [0.717, 1.165) is 13.0 Å². The molecule has 1 aromatic heterocycles. The molecule has 2 aliphatic heterocycles. The van der Waals surface area contributed by atoms with Gasteiger partial charge in [-0.1, -0.05) is 24.3 Å². The lowest BCUT2D eigenvalue weighted by Gasteiger charge is -2.37. The van der Waals surface area contributed by atoms with E-state index in [9.17, 15) is 15.0 Å². The topological polar surface area (TPSA) is 95.2 Å². The zero-order valence-corrected chi connectivity index (χ0v) is 16.2. The molecule has 3 heterocycles. The summed E-state index contributed by atoms with van der Waals surface area (Å²) >= 11 is 0. The molecule has 0 bridgehead atoms. The molecule has 8 heteroatoms. The molecule has 0 unspecified atom stereocenters. The van der Waals surface area contributed by atoms with E-state index in [1.165, 1.54) is 17.4 Å². The van der Waals surface area contributed by atoms with Crippen LogP contribution in [-0.2, 0) is 17.7 Å². The number of hydrogen-bond acceptors (Lipinski definition) is 6. The summed E-state index contributed by atoms with van der Waals surface area (Å²) in [5.41, 5.74) is 2.56. The van der Waals surface area contributed by atoms with Gasteiger partial charge >= 0.3 is 0 Å². The van der Waals surface area contributed by atoms with E-state index in [-0.39, 0.29) is 43.3 Å². The fourth-order valence-corrected chi connectivity index (χ4v) is 4.06. The van der Waals surface area contributed by atoms with Crippen molar-refractivity contribution in [1.29, 1.82) is 0 Å². The fraction of sp³-hybridized carbons (Fsp3) is 0.450. The first-order valence-electron chi connectivity index (χ1n) is 9.24. The highest BCUT2D eigenvalue weighted by atomic mass is 35.5. The molecule has 2 aliphatic rings. The molecule has 0 spiro atoms. The van der Waals surface area contributed by atoms with Crippen molar-refractivity contribution in [2.45, 2.75) is 37.3 Å². The molecule has 1 amide bonds. The predicted octanol–water partition coefficient (Wildman–Crippen LogP) is 0.979. The molecule has 1 aromatic carbocycles. The number of aliphatic hydroxyl groups excluding tert-OH is 2. The number of nitrogens with zero attached hydrogens (tertiary/aromatic N) is 1. The molecule has 0 saturated carbocycles. The van der Waals surface area contributed by atoms with Crippen molar-refractivity contribution in [3.8, 4) is 0 Å². The first-order valence-corrected chi connectivity index (χ1v) is 9.24. The second-order valence-electron chi connectivity index (χ2n) is 7.05. The number of nitrogens with one attached hydrogen (secondary N) is 1. The van der Waals surface area contributed by atoms with Gasteiger partial charge in [0.1, 0.15) is 12.2 Å². The van der Waals surface area contributed by atoms with Crippen LogP contribution in [0.4, 0.5) is 0 Å². The van der Waals surface area contributed by atoms with Crippen LogP contribution in [0.25, 0.3) is 0 Å². The monoisotopic (exact) mass is 408 g/mol. The Hall–Kier alpha value is -1.90. The number of hydrogen-bond donors (Lipinski definition) is 3. The van der Waals surface area contributed by atoms with Crippen LogP contribution in [0.5, 0.6) is 0 Å². The molecule has 152 valence electrons. The Kier molecular flexibility index (Phi) is 6.74. The molecular weight excluding hydrogens is 384 g/mol. The van der Waals surface area contributed by atoms with E-state index in [2.05, 4.69) is 22.3 Å². The summed E-state index contributed by atoms with van der Waals surface area (Å²) in [6, 6.07) is 11.2. The van der Waals surface area contributed by atoms with Crippen LogP contribution in [0.3, 0.4) is 0 Å². The van der Waals surface area contributed by atoms with Gasteiger partial charge in [-0.3, -0.25) is 9.69 Å². The molecule has 2 aromatic rings. The number of halogens is 1. The van der Waals surface area contributed by atoms with Crippen LogP contribution in [0.1, 0.15) is 21.7 Å². The van der Waals surface area contributed by atoms with Gasteiger partial charge in [0, 0.05) is 19.6 Å². The maximum atomic E-state index is 12.2. The zero-order chi connectivity index (χ0) is 18.8. The summed E-state index contributed by atoms with van der Waals surface area (Å²) < 4.78 is 11.0. The molecule has 28 heavy (non-hydrogen) atoms. The first-order chi connectivity index (χ1) is 13.2. The quantitative estimate of drug-likeness (QED) is 0.682. The van der Waals surface area contributed by atoms with Gasteiger partial charge in [-0.05, 0) is 29.7 Å². The second-order valence-corrected chi connectivity index (χ2v) is 7.05. The predicted molar refractivity (Wildman–Crippen MR) is 104 cm³/mol. The summed E-state index contributed by atoms with van der Waals surface area (Å²) in [6.07, 6.45) is 0.458. The Bertz CT molecular complexity index is 785. The molecular formula is C20H25ClN2O5. The van der Waals surface area contributed by atoms with Crippen molar-refractivity contribution < 1.29 is 24.2 Å². The van der Waals surface area contributed by atoms with Crippen molar-refractivity contribution in [3.05, 3.63) is 59.5 Å². The van der Waals surface area contributed by atoms with Crippen LogP contribution >= 0.6 is 12.4 Å². The summed E-state index contributed by atoms with van der Waals surface area (Å²) in [5, 5.41) is 23.1. The maximum absolute atomic E-state index is 12.2. The molecule has 0 aliphatic carbocycles. The minimum Gasteiger partial charge on any atom is -0.459 e. The molecule has 0 radical (unpaired) electrons. The number of ether oxygens (including phenoxy) is 1. The lowest BCUT2D eigenvalue weighted by Crippen LogP contribution is -2.52. The number of furan rings is 1. The Morgan fingerprint density at radius 3 is 2.68 bits per heavy atom. The fourth-order valence-electron chi connectivity index (χ4n) is 4.06. The highest BCUT2D eigenvalue weighted by Gasteiger charge is 2.46. The Balaban J connectivity index is 0.00000225. The minimum absolute atomic E-state index is 0.